The van der Waals surface area contributed by atoms with Crippen LogP contribution in [0, 0.1) is 0 Å². The highest BCUT2D eigenvalue weighted by atomic mass is 16.5. The van der Waals surface area contributed by atoms with Crippen molar-refractivity contribution in [3.63, 3.8) is 0 Å². The van der Waals surface area contributed by atoms with E-state index in [0.29, 0.717) is 0 Å². The van der Waals surface area contributed by atoms with Crippen LogP contribution in [0.3, 0.4) is 0 Å². The molecule has 6 aromatic carbocycles. The molecule has 0 aliphatic rings. The largest absolute Gasteiger partial charge is 0.455 e. The first-order valence-corrected chi connectivity index (χ1v) is 15.2. The van der Waals surface area contributed by atoms with Gasteiger partial charge in [-0.3, -0.25) is 0 Å². The molecule has 0 fully saturated rings. The number of fused-ring (bicyclic) bond motifs is 2. The molecule has 0 amide bonds. The fourth-order valence-corrected chi connectivity index (χ4v) is 6.00. The van der Waals surface area contributed by atoms with Crippen molar-refractivity contribution in [3.05, 3.63) is 132 Å². The minimum absolute atomic E-state index is 0.974. The zero-order valence-corrected chi connectivity index (χ0v) is 24.2. The molecule has 1 heteroatoms. The van der Waals surface area contributed by atoms with E-state index >= 15 is 0 Å². The Labute approximate surface area is 244 Å². The van der Waals surface area contributed by atoms with E-state index < -0.39 is 0 Å². The Morgan fingerprint density at radius 1 is 0.463 bits per heavy atom. The predicted molar refractivity (Wildman–Crippen MR) is 176 cm³/mol. The van der Waals surface area contributed by atoms with E-state index in [9.17, 15) is 0 Å². The van der Waals surface area contributed by atoms with E-state index in [1.165, 1.54) is 54.9 Å². The third-order valence-electron chi connectivity index (χ3n) is 8.14. The van der Waals surface area contributed by atoms with Crippen molar-refractivity contribution < 1.29 is 4.74 Å². The van der Waals surface area contributed by atoms with Crippen LogP contribution in [0.1, 0.15) is 50.7 Å². The fraction of sp³-hybridized carbons (Fsp3) is 0.200. The van der Waals surface area contributed by atoms with Crippen LogP contribution in [0.4, 0.5) is 0 Å². The molecule has 0 aliphatic carbocycles. The minimum atomic E-state index is 0.974. The summed E-state index contributed by atoms with van der Waals surface area (Å²) in [6.45, 7) is 4.53. The van der Waals surface area contributed by atoms with Gasteiger partial charge in [0.1, 0.15) is 11.5 Å². The second kappa shape index (κ2) is 12.4. The van der Waals surface area contributed by atoms with Gasteiger partial charge >= 0.3 is 0 Å². The zero-order valence-electron chi connectivity index (χ0n) is 24.2. The van der Waals surface area contributed by atoms with Crippen LogP contribution in [-0.2, 0) is 12.8 Å². The first kappa shape index (κ1) is 26.8. The summed E-state index contributed by atoms with van der Waals surface area (Å²) in [5.74, 6) is 2.01. The Kier molecular flexibility index (Phi) is 8.14. The van der Waals surface area contributed by atoms with Gasteiger partial charge in [-0.15, -0.1) is 0 Å². The molecule has 6 rings (SSSR count). The van der Waals surface area contributed by atoms with Crippen LogP contribution in [0.25, 0.3) is 43.8 Å². The summed E-state index contributed by atoms with van der Waals surface area (Å²) in [5.41, 5.74) is 7.61. The summed E-state index contributed by atoms with van der Waals surface area (Å²) in [6.07, 6.45) is 6.44. The van der Waals surface area contributed by atoms with Crippen molar-refractivity contribution >= 4 is 21.5 Å². The van der Waals surface area contributed by atoms with Gasteiger partial charge in [-0.2, -0.15) is 0 Å². The zero-order chi connectivity index (χ0) is 28.0. The molecular formula is C40H38O. The second-order valence-corrected chi connectivity index (χ2v) is 10.9. The first-order valence-electron chi connectivity index (χ1n) is 15.2. The Bertz CT molecular complexity index is 1630. The Hall–Kier alpha value is -4.36. The van der Waals surface area contributed by atoms with Gasteiger partial charge in [0, 0.05) is 21.9 Å². The SMILES string of the molecule is CCCCc1c(-c2ccccc2)cc2ccccc2c1Oc1c(CCCC)c(-c2ccccc2)cc2ccccc12. The number of ether oxygens (including phenoxy) is 1. The van der Waals surface area contributed by atoms with Crippen molar-refractivity contribution in [1.29, 1.82) is 0 Å². The van der Waals surface area contributed by atoms with Crippen molar-refractivity contribution in [2.75, 3.05) is 0 Å². The lowest BCUT2D eigenvalue weighted by Gasteiger charge is -2.23. The van der Waals surface area contributed by atoms with E-state index in [1.807, 2.05) is 0 Å². The molecule has 0 saturated carbocycles. The molecule has 0 spiro atoms. The Morgan fingerprint density at radius 2 is 0.854 bits per heavy atom. The van der Waals surface area contributed by atoms with Gasteiger partial charge < -0.3 is 4.74 Å². The number of hydrogen-bond donors (Lipinski definition) is 0. The highest BCUT2D eigenvalue weighted by molar-refractivity contribution is 5.98. The molecule has 1 nitrogen and oxygen atoms in total. The van der Waals surface area contributed by atoms with Gasteiger partial charge in [0.2, 0.25) is 0 Å². The number of rotatable bonds is 10. The number of unbranched alkanes of at least 4 members (excludes halogenated alkanes) is 2. The molecule has 0 heterocycles. The van der Waals surface area contributed by atoms with Gasteiger partial charge in [0.15, 0.2) is 0 Å². The molecular weight excluding hydrogens is 496 g/mol. The molecule has 0 bridgehead atoms. The van der Waals surface area contributed by atoms with Crippen molar-refractivity contribution in [2.24, 2.45) is 0 Å². The normalized spacial score (nSPS) is 11.3. The molecule has 0 aliphatic heterocycles. The van der Waals surface area contributed by atoms with Gasteiger partial charge in [0.05, 0.1) is 0 Å². The predicted octanol–water partition coefficient (Wildman–Crippen LogP) is 11.8. The molecule has 0 aromatic heterocycles. The fourth-order valence-electron chi connectivity index (χ4n) is 6.00. The maximum atomic E-state index is 7.39. The average molecular weight is 535 g/mol. The summed E-state index contributed by atoms with van der Waals surface area (Å²) in [7, 11) is 0. The summed E-state index contributed by atoms with van der Waals surface area (Å²) in [5, 5.41) is 4.77. The van der Waals surface area contributed by atoms with E-state index in [-0.39, 0.29) is 0 Å². The van der Waals surface area contributed by atoms with E-state index in [4.69, 9.17) is 4.74 Å². The van der Waals surface area contributed by atoms with Crippen molar-refractivity contribution in [2.45, 2.75) is 52.4 Å². The molecule has 0 N–H and O–H groups in total. The Balaban J connectivity index is 1.66. The molecule has 0 atom stereocenters. The summed E-state index contributed by atoms with van der Waals surface area (Å²) in [6, 6.07) is 43.8. The molecule has 204 valence electrons. The van der Waals surface area contributed by atoms with Gasteiger partial charge in [-0.1, -0.05) is 136 Å². The summed E-state index contributed by atoms with van der Waals surface area (Å²) in [4.78, 5) is 0. The topological polar surface area (TPSA) is 9.23 Å². The minimum Gasteiger partial charge on any atom is -0.455 e. The van der Waals surface area contributed by atoms with E-state index in [1.54, 1.807) is 0 Å². The van der Waals surface area contributed by atoms with Crippen molar-refractivity contribution in [3.8, 4) is 33.8 Å². The third kappa shape index (κ3) is 5.50. The van der Waals surface area contributed by atoms with Crippen LogP contribution >= 0.6 is 0 Å². The molecule has 0 unspecified atom stereocenters. The van der Waals surface area contributed by atoms with Crippen LogP contribution in [-0.4, -0.2) is 0 Å². The molecule has 6 aromatic rings. The lowest BCUT2D eigenvalue weighted by molar-refractivity contribution is 0.479. The molecule has 41 heavy (non-hydrogen) atoms. The number of benzene rings is 6. The smallest absolute Gasteiger partial charge is 0.139 e. The van der Waals surface area contributed by atoms with Crippen LogP contribution in [0.2, 0.25) is 0 Å². The van der Waals surface area contributed by atoms with Crippen molar-refractivity contribution in [1.82, 2.24) is 0 Å². The number of hydrogen-bond acceptors (Lipinski definition) is 1. The highest BCUT2D eigenvalue weighted by Crippen LogP contribution is 2.46. The molecule has 0 radical (unpaired) electrons. The second-order valence-electron chi connectivity index (χ2n) is 10.9. The average Bonchev–Trinajstić information content (AvgIpc) is 3.04. The Morgan fingerprint density at radius 3 is 1.27 bits per heavy atom. The monoisotopic (exact) mass is 534 g/mol. The first-order chi connectivity index (χ1) is 20.3. The quantitative estimate of drug-likeness (QED) is 0.170. The summed E-state index contributed by atoms with van der Waals surface area (Å²) >= 11 is 0. The van der Waals surface area contributed by atoms with Crippen LogP contribution in [0.15, 0.2) is 121 Å². The lowest BCUT2D eigenvalue weighted by Crippen LogP contribution is -2.02. The van der Waals surface area contributed by atoms with Gasteiger partial charge in [0.25, 0.3) is 0 Å². The van der Waals surface area contributed by atoms with E-state index in [2.05, 4.69) is 135 Å². The van der Waals surface area contributed by atoms with E-state index in [0.717, 1.165) is 50.0 Å². The summed E-state index contributed by atoms with van der Waals surface area (Å²) < 4.78 is 7.39. The maximum absolute atomic E-state index is 7.39. The van der Waals surface area contributed by atoms with Crippen LogP contribution < -0.4 is 4.74 Å². The maximum Gasteiger partial charge on any atom is 0.139 e. The molecule has 0 saturated heterocycles. The van der Waals surface area contributed by atoms with Crippen LogP contribution in [0.5, 0.6) is 11.5 Å². The third-order valence-corrected chi connectivity index (χ3v) is 8.14. The van der Waals surface area contributed by atoms with Gasteiger partial charge in [-0.05, 0) is 70.8 Å². The highest BCUT2D eigenvalue weighted by Gasteiger charge is 2.21. The lowest BCUT2D eigenvalue weighted by atomic mass is 9.90. The standard InChI is InChI=1S/C40H38O/c1-3-5-23-35-37(29-17-9-7-10-18-29)27-31-21-13-15-25-33(31)39(35)41-40-34-26-16-14-22-32(34)28-38(36(40)24-6-4-2)30-19-11-8-12-20-30/h7-22,25-28H,3-6,23-24H2,1-2H3. The van der Waals surface area contributed by atoms with Gasteiger partial charge in [-0.25, -0.2) is 0 Å².